The third-order valence-electron chi connectivity index (χ3n) is 3.18. The number of nitrogens with one attached hydrogen (secondary N) is 3. The zero-order valence-electron chi connectivity index (χ0n) is 10.7. The van der Waals surface area contributed by atoms with E-state index in [-0.39, 0.29) is 18.7 Å². The summed E-state index contributed by atoms with van der Waals surface area (Å²) in [6.45, 7) is 1.00. The van der Waals surface area contributed by atoms with E-state index in [0.717, 1.165) is 12.2 Å². The molecule has 0 spiro atoms. The van der Waals surface area contributed by atoms with E-state index in [2.05, 4.69) is 15.5 Å². The number of hydrogen-bond donors (Lipinski definition) is 4. The number of carbonyl (C=O) groups is 1. The van der Waals surface area contributed by atoms with Gasteiger partial charge in [-0.3, -0.25) is 9.89 Å². The molecule has 1 amide bonds. The third kappa shape index (κ3) is 3.10. The number of nitrogens with two attached hydrogens (primary N) is 1. The molecule has 112 valence electrons. The molecule has 0 aliphatic carbocycles. The van der Waals surface area contributed by atoms with E-state index in [1.54, 1.807) is 0 Å². The van der Waals surface area contributed by atoms with Gasteiger partial charge in [-0.25, -0.2) is 0 Å². The number of carbonyl (C=O) groups excluding carboxylic acids is 1. The highest BCUT2D eigenvalue weighted by Gasteiger charge is 2.40. The Morgan fingerprint density at radius 3 is 2.90 bits per heavy atom. The first kappa shape index (κ1) is 14.8. The Bertz CT molecular complexity index is 485. The maximum atomic E-state index is 12.7. The molecule has 5 N–H and O–H groups in total. The first-order valence-corrected chi connectivity index (χ1v) is 6.28. The van der Waals surface area contributed by atoms with Crippen LogP contribution in [-0.2, 0) is 13.0 Å². The van der Waals surface area contributed by atoms with Gasteiger partial charge in [0.15, 0.2) is 5.69 Å². The highest BCUT2D eigenvalue weighted by atomic mass is 19.4. The molecular weight excluding hydrogens is 275 g/mol. The monoisotopic (exact) mass is 291 g/mol. The zero-order chi connectivity index (χ0) is 14.8. The van der Waals surface area contributed by atoms with Crippen LogP contribution in [0.3, 0.4) is 0 Å². The topological polar surface area (TPSA) is 95.8 Å². The van der Waals surface area contributed by atoms with Crippen LogP contribution in [0.1, 0.15) is 28.2 Å². The number of H-pyrrole nitrogens is 1. The van der Waals surface area contributed by atoms with Crippen LogP contribution in [0.4, 0.5) is 13.2 Å². The quantitative estimate of drug-likeness (QED) is 0.631. The standard InChI is InChI=1S/C11H16F3N5O/c12-11(13,14)8(1-3-15)17-10(20)9-6-5-16-4-2-7(6)18-19-9/h8,16H,1-5,15H2,(H,17,20)(H,18,19). The Labute approximate surface area is 113 Å². The van der Waals surface area contributed by atoms with Gasteiger partial charge in [0, 0.05) is 30.8 Å². The summed E-state index contributed by atoms with van der Waals surface area (Å²) < 4.78 is 38.2. The van der Waals surface area contributed by atoms with Crippen LogP contribution < -0.4 is 16.4 Å². The Hall–Kier alpha value is -1.61. The molecule has 2 rings (SSSR count). The first-order valence-electron chi connectivity index (χ1n) is 6.28. The van der Waals surface area contributed by atoms with Gasteiger partial charge >= 0.3 is 6.18 Å². The van der Waals surface area contributed by atoms with Gasteiger partial charge < -0.3 is 16.4 Å². The predicted molar refractivity (Wildman–Crippen MR) is 65.0 cm³/mol. The fraction of sp³-hybridized carbons (Fsp3) is 0.636. The number of aromatic amines is 1. The van der Waals surface area contributed by atoms with Crippen LogP contribution in [0.2, 0.25) is 0 Å². The lowest BCUT2D eigenvalue weighted by atomic mass is 10.1. The molecule has 1 aromatic heterocycles. The van der Waals surface area contributed by atoms with Gasteiger partial charge in [0.25, 0.3) is 5.91 Å². The Morgan fingerprint density at radius 2 is 2.25 bits per heavy atom. The van der Waals surface area contributed by atoms with Gasteiger partial charge in [0.1, 0.15) is 6.04 Å². The molecule has 0 fully saturated rings. The lowest BCUT2D eigenvalue weighted by molar-refractivity contribution is -0.154. The number of fused-ring (bicyclic) bond motifs is 1. The van der Waals surface area contributed by atoms with Crippen LogP contribution in [0, 0.1) is 0 Å². The Morgan fingerprint density at radius 1 is 1.50 bits per heavy atom. The second-order valence-electron chi connectivity index (χ2n) is 4.60. The normalized spacial score (nSPS) is 16.6. The number of alkyl halides is 3. The van der Waals surface area contributed by atoms with E-state index in [1.807, 2.05) is 5.32 Å². The van der Waals surface area contributed by atoms with Crippen molar-refractivity contribution in [3.8, 4) is 0 Å². The van der Waals surface area contributed by atoms with E-state index in [4.69, 9.17) is 5.73 Å². The van der Waals surface area contributed by atoms with Crippen molar-refractivity contribution in [1.29, 1.82) is 0 Å². The fourth-order valence-electron chi connectivity index (χ4n) is 2.12. The molecule has 9 heteroatoms. The summed E-state index contributed by atoms with van der Waals surface area (Å²) in [7, 11) is 0. The molecule has 1 aliphatic rings. The molecule has 1 unspecified atom stereocenters. The zero-order valence-corrected chi connectivity index (χ0v) is 10.7. The number of amides is 1. The smallest absolute Gasteiger partial charge is 0.339 e. The third-order valence-corrected chi connectivity index (χ3v) is 3.18. The second kappa shape index (κ2) is 5.80. The van der Waals surface area contributed by atoms with E-state index < -0.39 is 18.1 Å². The van der Waals surface area contributed by atoms with Crippen molar-refractivity contribution in [2.45, 2.75) is 31.6 Å². The summed E-state index contributed by atoms with van der Waals surface area (Å²) in [5.74, 6) is -0.832. The Balaban J connectivity index is 2.13. The minimum absolute atomic E-state index is 0.0125. The van der Waals surface area contributed by atoms with E-state index in [9.17, 15) is 18.0 Å². The minimum Gasteiger partial charge on any atom is -0.339 e. The van der Waals surface area contributed by atoms with Crippen LogP contribution in [0.5, 0.6) is 0 Å². The van der Waals surface area contributed by atoms with E-state index >= 15 is 0 Å². The predicted octanol–water partition coefficient (Wildman–Crippen LogP) is 0.0649. The van der Waals surface area contributed by atoms with Crippen molar-refractivity contribution in [1.82, 2.24) is 20.8 Å². The van der Waals surface area contributed by atoms with Gasteiger partial charge in [-0.15, -0.1) is 0 Å². The lowest BCUT2D eigenvalue weighted by Crippen LogP contribution is -2.46. The fourth-order valence-corrected chi connectivity index (χ4v) is 2.12. The van der Waals surface area contributed by atoms with Crippen molar-refractivity contribution >= 4 is 5.91 Å². The van der Waals surface area contributed by atoms with Crippen molar-refractivity contribution in [3.63, 3.8) is 0 Å². The van der Waals surface area contributed by atoms with Gasteiger partial charge in [0.05, 0.1) is 0 Å². The number of rotatable bonds is 4. The largest absolute Gasteiger partial charge is 0.408 e. The molecule has 0 aromatic carbocycles. The van der Waals surface area contributed by atoms with Crippen molar-refractivity contribution in [2.75, 3.05) is 13.1 Å². The van der Waals surface area contributed by atoms with E-state index in [0.29, 0.717) is 18.5 Å². The van der Waals surface area contributed by atoms with Crippen LogP contribution >= 0.6 is 0 Å². The van der Waals surface area contributed by atoms with Gasteiger partial charge in [0.2, 0.25) is 0 Å². The minimum atomic E-state index is -4.52. The molecule has 2 heterocycles. The van der Waals surface area contributed by atoms with Crippen LogP contribution in [-0.4, -0.2) is 41.4 Å². The molecule has 20 heavy (non-hydrogen) atoms. The summed E-state index contributed by atoms with van der Waals surface area (Å²) in [6, 6.07) is -1.95. The molecule has 1 atom stereocenters. The number of hydrogen-bond acceptors (Lipinski definition) is 4. The molecule has 0 bridgehead atoms. The second-order valence-corrected chi connectivity index (χ2v) is 4.60. The molecule has 0 saturated heterocycles. The average molecular weight is 291 g/mol. The summed E-state index contributed by atoms with van der Waals surface area (Å²) in [5.41, 5.74) is 6.58. The molecule has 0 saturated carbocycles. The number of nitrogens with zero attached hydrogens (tertiary/aromatic N) is 1. The highest BCUT2D eigenvalue weighted by Crippen LogP contribution is 2.23. The summed E-state index contributed by atoms with van der Waals surface area (Å²) >= 11 is 0. The maximum Gasteiger partial charge on any atom is 0.408 e. The molecular formula is C11H16F3N5O. The lowest BCUT2D eigenvalue weighted by Gasteiger charge is -2.21. The molecule has 0 radical (unpaired) electrons. The summed E-state index contributed by atoms with van der Waals surface area (Å²) in [6.07, 6.45) is -4.22. The van der Waals surface area contributed by atoms with Crippen LogP contribution in [0.15, 0.2) is 0 Å². The van der Waals surface area contributed by atoms with Crippen LogP contribution in [0.25, 0.3) is 0 Å². The van der Waals surface area contributed by atoms with Crippen molar-refractivity contribution in [3.05, 3.63) is 17.0 Å². The number of halogens is 3. The number of aromatic nitrogens is 2. The van der Waals surface area contributed by atoms with Gasteiger partial charge in [-0.2, -0.15) is 18.3 Å². The molecule has 1 aliphatic heterocycles. The Kier molecular flexibility index (Phi) is 4.29. The molecule has 6 nitrogen and oxygen atoms in total. The van der Waals surface area contributed by atoms with Gasteiger partial charge in [-0.1, -0.05) is 0 Å². The van der Waals surface area contributed by atoms with Crippen molar-refractivity contribution in [2.24, 2.45) is 5.73 Å². The van der Waals surface area contributed by atoms with Gasteiger partial charge in [-0.05, 0) is 13.0 Å². The van der Waals surface area contributed by atoms with Crippen molar-refractivity contribution < 1.29 is 18.0 Å². The average Bonchev–Trinajstić information content (AvgIpc) is 2.81. The SMILES string of the molecule is NCCC(NC(=O)c1n[nH]c2c1CNCC2)C(F)(F)F. The highest BCUT2D eigenvalue weighted by molar-refractivity contribution is 5.94. The summed E-state index contributed by atoms with van der Waals surface area (Å²) in [4.78, 5) is 11.9. The van der Waals surface area contributed by atoms with E-state index in [1.165, 1.54) is 0 Å². The summed E-state index contributed by atoms with van der Waals surface area (Å²) in [5, 5.41) is 11.5. The maximum absolute atomic E-state index is 12.7. The first-order chi connectivity index (χ1) is 9.43. The molecule has 1 aromatic rings.